The zero-order valence-corrected chi connectivity index (χ0v) is 18.5. The van der Waals surface area contributed by atoms with Gasteiger partial charge in [0.15, 0.2) is 0 Å². The van der Waals surface area contributed by atoms with Gasteiger partial charge >= 0.3 is 6.18 Å². The van der Waals surface area contributed by atoms with Crippen LogP contribution in [0.2, 0.25) is 0 Å². The molecule has 176 valence electrons. The average molecular weight is 468 g/mol. The lowest BCUT2D eigenvalue weighted by molar-refractivity contribution is -0.137. The van der Waals surface area contributed by atoms with Crippen LogP contribution in [0.4, 0.5) is 24.7 Å². The van der Waals surface area contributed by atoms with Crippen LogP contribution in [0.15, 0.2) is 66.9 Å². The maximum absolute atomic E-state index is 12.7. The number of carbonyl (C=O) groups is 2. The van der Waals surface area contributed by atoms with Gasteiger partial charge in [0.1, 0.15) is 5.82 Å². The van der Waals surface area contributed by atoms with E-state index >= 15 is 0 Å². The van der Waals surface area contributed by atoms with Gasteiger partial charge in [0.25, 0.3) is 11.8 Å². The van der Waals surface area contributed by atoms with Crippen molar-refractivity contribution in [2.75, 3.05) is 36.4 Å². The molecule has 1 fully saturated rings. The number of aryl methyl sites for hydroxylation is 1. The van der Waals surface area contributed by atoms with Crippen LogP contribution in [0.3, 0.4) is 0 Å². The van der Waals surface area contributed by atoms with E-state index in [-0.39, 0.29) is 17.4 Å². The van der Waals surface area contributed by atoms with E-state index in [4.69, 9.17) is 0 Å². The Bertz CT molecular complexity index is 1170. The molecule has 2 heterocycles. The third kappa shape index (κ3) is 5.19. The van der Waals surface area contributed by atoms with Gasteiger partial charge in [0.2, 0.25) is 0 Å². The number of pyridine rings is 1. The van der Waals surface area contributed by atoms with Crippen LogP contribution in [-0.2, 0) is 6.18 Å². The highest BCUT2D eigenvalue weighted by Crippen LogP contribution is 2.29. The molecule has 2 aromatic carbocycles. The molecule has 0 aliphatic carbocycles. The summed E-state index contributed by atoms with van der Waals surface area (Å²) in [6.07, 6.45) is -2.84. The summed E-state index contributed by atoms with van der Waals surface area (Å²) in [6, 6.07) is 15.2. The number of nitrogens with one attached hydrogen (secondary N) is 1. The van der Waals surface area contributed by atoms with E-state index in [1.807, 2.05) is 30.0 Å². The maximum Gasteiger partial charge on any atom is 0.416 e. The molecule has 0 radical (unpaired) electrons. The summed E-state index contributed by atoms with van der Waals surface area (Å²) in [5, 5.41) is 2.84. The Morgan fingerprint density at radius 2 is 1.59 bits per heavy atom. The highest BCUT2D eigenvalue weighted by atomic mass is 19.4. The number of piperazine rings is 1. The van der Waals surface area contributed by atoms with Gasteiger partial charge in [-0.2, -0.15) is 13.2 Å². The van der Waals surface area contributed by atoms with Gasteiger partial charge in [-0.05, 0) is 55.0 Å². The molecule has 6 nitrogen and oxygen atoms in total. The third-order valence-corrected chi connectivity index (χ3v) is 5.75. The molecular weight excluding hydrogens is 445 g/mol. The summed E-state index contributed by atoms with van der Waals surface area (Å²) in [6.45, 7) is 3.79. The fourth-order valence-electron chi connectivity index (χ4n) is 3.80. The van der Waals surface area contributed by atoms with E-state index in [1.54, 1.807) is 29.3 Å². The van der Waals surface area contributed by atoms with Crippen LogP contribution >= 0.6 is 0 Å². The number of rotatable bonds is 4. The number of aromatic nitrogens is 1. The smallest absolute Gasteiger partial charge is 0.353 e. The second kappa shape index (κ2) is 9.54. The summed E-state index contributed by atoms with van der Waals surface area (Å²) < 4.78 is 38.2. The molecule has 3 aromatic rings. The fraction of sp³-hybridized carbons (Fsp3) is 0.240. The van der Waals surface area contributed by atoms with Crippen LogP contribution in [0.1, 0.15) is 31.8 Å². The van der Waals surface area contributed by atoms with Gasteiger partial charge in [-0.15, -0.1) is 0 Å². The van der Waals surface area contributed by atoms with Gasteiger partial charge < -0.3 is 15.1 Å². The molecule has 0 spiro atoms. The number of carbonyl (C=O) groups excluding carboxylic acids is 2. The number of amides is 2. The van der Waals surface area contributed by atoms with Crippen LogP contribution < -0.4 is 10.2 Å². The van der Waals surface area contributed by atoms with Crippen molar-refractivity contribution in [2.24, 2.45) is 0 Å². The Morgan fingerprint density at radius 1 is 0.912 bits per heavy atom. The number of hydrogen-bond donors (Lipinski definition) is 1. The topological polar surface area (TPSA) is 65.5 Å². The Morgan fingerprint density at radius 3 is 2.18 bits per heavy atom. The molecule has 1 aliphatic heterocycles. The number of hydrogen-bond acceptors (Lipinski definition) is 4. The van der Waals surface area contributed by atoms with Crippen LogP contribution in [0, 0.1) is 6.92 Å². The van der Waals surface area contributed by atoms with Crippen molar-refractivity contribution in [2.45, 2.75) is 13.1 Å². The lowest BCUT2D eigenvalue weighted by Gasteiger charge is -2.35. The molecule has 0 bridgehead atoms. The van der Waals surface area contributed by atoms with E-state index in [0.717, 1.165) is 23.5 Å². The largest absolute Gasteiger partial charge is 0.416 e. The highest BCUT2D eigenvalue weighted by Gasteiger charge is 2.30. The summed E-state index contributed by atoms with van der Waals surface area (Å²) in [5.74, 6) is 0.217. The number of nitrogens with zero attached hydrogens (tertiary/aromatic N) is 3. The predicted octanol–water partition coefficient (Wildman–Crippen LogP) is 4.62. The van der Waals surface area contributed by atoms with Crippen molar-refractivity contribution in [1.82, 2.24) is 9.88 Å². The average Bonchev–Trinajstić information content (AvgIpc) is 2.84. The SMILES string of the molecule is Cc1ccccc1C(=O)Nc1ccc(N2CCN(C(=O)c3ccc(C(F)(F)F)cc3)CC2)nc1. The molecule has 1 saturated heterocycles. The first-order chi connectivity index (χ1) is 16.2. The van der Waals surface area contributed by atoms with Crippen molar-refractivity contribution in [3.63, 3.8) is 0 Å². The minimum Gasteiger partial charge on any atom is -0.353 e. The third-order valence-electron chi connectivity index (χ3n) is 5.75. The summed E-state index contributed by atoms with van der Waals surface area (Å²) in [4.78, 5) is 33.2. The van der Waals surface area contributed by atoms with Crippen molar-refractivity contribution in [3.05, 3.63) is 89.1 Å². The van der Waals surface area contributed by atoms with E-state index in [2.05, 4.69) is 10.3 Å². The monoisotopic (exact) mass is 468 g/mol. The molecular formula is C25H23F3N4O2. The minimum atomic E-state index is -4.43. The molecule has 2 amide bonds. The van der Waals surface area contributed by atoms with Gasteiger partial charge in [-0.3, -0.25) is 9.59 Å². The van der Waals surface area contributed by atoms with Crippen molar-refractivity contribution in [3.8, 4) is 0 Å². The van der Waals surface area contributed by atoms with Gasteiger partial charge in [0, 0.05) is 37.3 Å². The molecule has 0 saturated carbocycles. The first kappa shape index (κ1) is 23.3. The first-order valence-corrected chi connectivity index (χ1v) is 10.8. The van der Waals surface area contributed by atoms with Gasteiger partial charge in [-0.25, -0.2) is 4.98 Å². The lowest BCUT2D eigenvalue weighted by atomic mass is 10.1. The number of halogens is 3. The standard InChI is InChI=1S/C25H23F3N4O2/c1-17-4-2-3-5-21(17)23(33)30-20-10-11-22(29-16-20)31-12-14-32(15-13-31)24(34)18-6-8-19(9-7-18)25(26,27)28/h2-11,16H,12-15H2,1H3,(H,30,33). The van der Waals surface area contributed by atoms with Crippen LogP contribution in [0.5, 0.6) is 0 Å². The van der Waals surface area contributed by atoms with Gasteiger partial charge in [0.05, 0.1) is 17.4 Å². The molecule has 1 N–H and O–H groups in total. The Labute approximate surface area is 195 Å². The van der Waals surface area contributed by atoms with Crippen LogP contribution in [0.25, 0.3) is 0 Å². The number of benzene rings is 2. The van der Waals surface area contributed by atoms with E-state index in [9.17, 15) is 22.8 Å². The second-order valence-corrected chi connectivity index (χ2v) is 8.03. The summed E-state index contributed by atoms with van der Waals surface area (Å²) in [7, 11) is 0. The maximum atomic E-state index is 12.7. The Balaban J connectivity index is 1.33. The minimum absolute atomic E-state index is 0.206. The molecule has 0 unspecified atom stereocenters. The van der Waals surface area contributed by atoms with Crippen molar-refractivity contribution >= 4 is 23.3 Å². The molecule has 34 heavy (non-hydrogen) atoms. The number of anilines is 2. The predicted molar refractivity (Wildman–Crippen MR) is 123 cm³/mol. The molecule has 1 aliphatic rings. The molecule has 9 heteroatoms. The zero-order chi connectivity index (χ0) is 24.3. The molecule has 4 rings (SSSR count). The second-order valence-electron chi connectivity index (χ2n) is 8.03. The van der Waals surface area contributed by atoms with E-state index in [1.165, 1.54) is 12.1 Å². The van der Waals surface area contributed by atoms with Crippen molar-refractivity contribution < 1.29 is 22.8 Å². The van der Waals surface area contributed by atoms with E-state index in [0.29, 0.717) is 37.4 Å². The summed E-state index contributed by atoms with van der Waals surface area (Å²) >= 11 is 0. The summed E-state index contributed by atoms with van der Waals surface area (Å²) in [5.41, 5.74) is 1.51. The Hall–Kier alpha value is -3.88. The Kier molecular flexibility index (Phi) is 6.54. The fourth-order valence-corrected chi connectivity index (χ4v) is 3.80. The van der Waals surface area contributed by atoms with Gasteiger partial charge in [-0.1, -0.05) is 18.2 Å². The number of alkyl halides is 3. The molecule has 0 atom stereocenters. The molecule has 1 aromatic heterocycles. The first-order valence-electron chi connectivity index (χ1n) is 10.8. The van der Waals surface area contributed by atoms with E-state index < -0.39 is 11.7 Å². The quantitative estimate of drug-likeness (QED) is 0.607. The zero-order valence-electron chi connectivity index (χ0n) is 18.5. The normalized spacial score (nSPS) is 14.1. The highest BCUT2D eigenvalue weighted by molar-refractivity contribution is 6.05. The lowest BCUT2D eigenvalue weighted by Crippen LogP contribution is -2.49. The van der Waals surface area contributed by atoms with Crippen LogP contribution in [-0.4, -0.2) is 47.9 Å². The van der Waals surface area contributed by atoms with Crippen molar-refractivity contribution in [1.29, 1.82) is 0 Å².